The number of aromatic nitrogens is 4. The molecule has 0 unspecified atom stereocenters. The summed E-state index contributed by atoms with van der Waals surface area (Å²) in [6.45, 7) is 5.77. The number of hydrogen-bond acceptors (Lipinski definition) is 7. The Morgan fingerprint density at radius 2 is 2.00 bits per heavy atom. The molecule has 8 heteroatoms. The SMILES string of the molecule is COc1c(Nc2cc(CC(=O)C3CC3)nc3c2N=C(C)C3)cccc1-n1nc(C)nc1C. The van der Waals surface area contributed by atoms with Crippen molar-refractivity contribution in [2.45, 2.75) is 46.5 Å². The summed E-state index contributed by atoms with van der Waals surface area (Å²) in [6.07, 6.45) is 3.06. The summed E-state index contributed by atoms with van der Waals surface area (Å²) in [5.74, 6) is 2.62. The van der Waals surface area contributed by atoms with E-state index in [-0.39, 0.29) is 11.7 Å². The second-order valence-electron chi connectivity index (χ2n) is 8.50. The summed E-state index contributed by atoms with van der Waals surface area (Å²) in [4.78, 5) is 26.3. The van der Waals surface area contributed by atoms with Crippen LogP contribution in [0.15, 0.2) is 29.3 Å². The molecule has 1 N–H and O–H groups in total. The molecule has 3 aromatic rings. The highest BCUT2D eigenvalue weighted by Gasteiger charge is 2.30. The highest BCUT2D eigenvalue weighted by Crippen LogP contribution is 2.40. The van der Waals surface area contributed by atoms with E-state index >= 15 is 0 Å². The molecule has 5 rings (SSSR count). The Bertz CT molecular complexity index is 1260. The van der Waals surface area contributed by atoms with Gasteiger partial charge < -0.3 is 10.1 Å². The molecule has 3 heterocycles. The molecule has 8 nitrogen and oxygen atoms in total. The molecule has 0 bridgehead atoms. The third kappa shape index (κ3) is 3.77. The van der Waals surface area contributed by atoms with Crippen molar-refractivity contribution in [3.8, 4) is 11.4 Å². The number of anilines is 2. The average molecular weight is 431 g/mol. The highest BCUT2D eigenvalue weighted by atomic mass is 16.5. The number of pyridine rings is 1. The molecule has 0 amide bonds. The first-order valence-electron chi connectivity index (χ1n) is 10.9. The molecule has 0 atom stereocenters. The fourth-order valence-electron chi connectivity index (χ4n) is 4.18. The maximum Gasteiger partial charge on any atom is 0.168 e. The molecule has 0 saturated heterocycles. The Balaban J connectivity index is 1.55. The predicted molar refractivity (Wildman–Crippen MR) is 123 cm³/mol. The number of benzene rings is 1. The van der Waals surface area contributed by atoms with Crippen LogP contribution in [0.2, 0.25) is 0 Å². The Hall–Kier alpha value is -3.55. The fraction of sp³-hybridized carbons (Fsp3) is 0.375. The molecule has 1 fully saturated rings. The summed E-state index contributed by atoms with van der Waals surface area (Å²) in [5, 5.41) is 8.00. The lowest BCUT2D eigenvalue weighted by Crippen LogP contribution is -2.09. The maximum atomic E-state index is 12.4. The number of nitrogens with zero attached hydrogens (tertiary/aromatic N) is 5. The second-order valence-corrected chi connectivity index (χ2v) is 8.50. The molecular formula is C24H26N6O2. The van der Waals surface area contributed by atoms with Gasteiger partial charge in [-0.3, -0.25) is 14.8 Å². The maximum absolute atomic E-state index is 12.4. The minimum Gasteiger partial charge on any atom is -0.492 e. The van der Waals surface area contributed by atoms with E-state index in [1.807, 2.05) is 45.0 Å². The van der Waals surface area contributed by atoms with Gasteiger partial charge in [-0.25, -0.2) is 9.67 Å². The van der Waals surface area contributed by atoms with Crippen LogP contribution in [0, 0.1) is 19.8 Å². The number of nitrogens with one attached hydrogen (secondary N) is 1. The molecule has 1 aliphatic carbocycles. The van der Waals surface area contributed by atoms with E-state index < -0.39 is 0 Å². The molecule has 1 saturated carbocycles. The van der Waals surface area contributed by atoms with Gasteiger partial charge in [0.25, 0.3) is 0 Å². The van der Waals surface area contributed by atoms with E-state index in [2.05, 4.69) is 15.4 Å². The van der Waals surface area contributed by atoms with Gasteiger partial charge in [-0.1, -0.05) is 6.07 Å². The van der Waals surface area contributed by atoms with Crippen molar-refractivity contribution in [2.75, 3.05) is 12.4 Å². The van der Waals surface area contributed by atoms with Crippen LogP contribution in [-0.4, -0.2) is 38.4 Å². The van der Waals surface area contributed by atoms with Crippen LogP contribution in [0.4, 0.5) is 17.1 Å². The van der Waals surface area contributed by atoms with Gasteiger partial charge in [-0.15, -0.1) is 0 Å². The van der Waals surface area contributed by atoms with Crippen molar-refractivity contribution >= 4 is 28.6 Å². The van der Waals surface area contributed by atoms with Gasteiger partial charge in [-0.05, 0) is 51.8 Å². The summed E-state index contributed by atoms with van der Waals surface area (Å²) in [5.41, 5.74) is 5.93. The van der Waals surface area contributed by atoms with Crippen LogP contribution < -0.4 is 10.1 Å². The third-order valence-electron chi connectivity index (χ3n) is 5.80. The van der Waals surface area contributed by atoms with Crippen molar-refractivity contribution < 1.29 is 9.53 Å². The minimum atomic E-state index is 0.214. The highest BCUT2D eigenvalue weighted by molar-refractivity contribution is 5.96. The summed E-state index contributed by atoms with van der Waals surface area (Å²) in [6, 6.07) is 7.79. The van der Waals surface area contributed by atoms with Crippen LogP contribution in [0.5, 0.6) is 5.75 Å². The summed E-state index contributed by atoms with van der Waals surface area (Å²) < 4.78 is 7.56. The van der Waals surface area contributed by atoms with E-state index in [4.69, 9.17) is 14.7 Å². The van der Waals surface area contributed by atoms with Gasteiger partial charge in [0, 0.05) is 24.5 Å². The molecule has 0 radical (unpaired) electrons. The van der Waals surface area contributed by atoms with Gasteiger partial charge >= 0.3 is 0 Å². The van der Waals surface area contributed by atoms with Crippen molar-refractivity contribution in [1.82, 2.24) is 19.7 Å². The lowest BCUT2D eigenvalue weighted by Gasteiger charge is -2.17. The van der Waals surface area contributed by atoms with E-state index in [0.29, 0.717) is 24.4 Å². The van der Waals surface area contributed by atoms with Gasteiger partial charge in [0.1, 0.15) is 28.8 Å². The number of hydrogen-bond donors (Lipinski definition) is 1. The largest absolute Gasteiger partial charge is 0.492 e. The zero-order valence-corrected chi connectivity index (χ0v) is 18.8. The fourth-order valence-corrected chi connectivity index (χ4v) is 4.18. The number of carbonyl (C=O) groups is 1. The zero-order valence-electron chi connectivity index (χ0n) is 18.8. The molecule has 0 spiro atoms. The number of rotatable bonds is 7. The standard InChI is InChI=1S/C24H26N6O2/c1-13-10-19-23(25-13)20(11-17(27-19)12-22(31)16-8-9-16)28-18-6-5-7-21(24(18)32-4)30-15(3)26-14(2)29-30/h5-7,11,16H,8-10,12H2,1-4H3,(H,27,28). The summed E-state index contributed by atoms with van der Waals surface area (Å²) >= 11 is 0. The van der Waals surface area contributed by atoms with Gasteiger partial charge in [-0.2, -0.15) is 5.10 Å². The van der Waals surface area contributed by atoms with E-state index in [1.165, 1.54) is 0 Å². The number of para-hydroxylation sites is 1. The van der Waals surface area contributed by atoms with Crippen LogP contribution in [0.25, 0.3) is 5.69 Å². The molecule has 32 heavy (non-hydrogen) atoms. The van der Waals surface area contributed by atoms with Crippen LogP contribution in [0.1, 0.15) is 42.8 Å². The Morgan fingerprint density at radius 3 is 2.69 bits per heavy atom. The first kappa shape index (κ1) is 20.4. The van der Waals surface area contributed by atoms with E-state index in [1.54, 1.807) is 11.8 Å². The Labute approximate surface area is 186 Å². The van der Waals surface area contributed by atoms with Gasteiger partial charge in [0.2, 0.25) is 0 Å². The Morgan fingerprint density at radius 1 is 1.19 bits per heavy atom. The van der Waals surface area contributed by atoms with Crippen molar-refractivity contribution in [1.29, 1.82) is 0 Å². The number of ether oxygens (including phenoxy) is 1. The van der Waals surface area contributed by atoms with E-state index in [0.717, 1.165) is 58.5 Å². The first-order chi connectivity index (χ1) is 15.4. The Kier molecular flexibility index (Phi) is 5.00. The van der Waals surface area contributed by atoms with Crippen molar-refractivity contribution in [2.24, 2.45) is 10.9 Å². The average Bonchev–Trinajstić information content (AvgIpc) is 3.46. The zero-order chi connectivity index (χ0) is 22.4. The number of methoxy groups -OCH3 is 1. The van der Waals surface area contributed by atoms with Crippen LogP contribution >= 0.6 is 0 Å². The topological polar surface area (TPSA) is 94.3 Å². The van der Waals surface area contributed by atoms with Crippen LogP contribution in [-0.2, 0) is 17.6 Å². The minimum absolute atomic E-state index is 0.214. The number of carbonyl (C=O) groups excluding carboxylic acids is 1. The molecule has 2 aromatic heterocycles. The van der Waals surface area contributed by atoms with Crippen LogP contribution in [0.3, 0.4) is 0 Å². The predicted octanol–water partition coefficient (Wildman–Crippen LogP) is 4.20. The first-order valence-corrected chi connectivity index (χ1v) is 10.9. The number of ketones is 1. The normalized spacial score (nSPS) is 14.8. The van der Waals surface area contributed by atoms with E-state index in [9.17, 15) is 4.79 Å². The third-order valence-corrected chi connectivity index (χ3v) is 5.80. The monoisotopic (exact) mass is 430 g/mol. The number of aryl methyl sites for hydroxylation is 2. The number of fused-ring (bicyclic) bond motifs is 1. The molecular weight excluding hydrogens is 404 g/mol. The number of Topliss-reactive ketones (excluding diaryl/α,β-unsaturated/α-hetero) is 1. The van der Waals surface area contributed by atoms with Crippen molar-refractivity contribution in [3.63, 3.8) is 0 Å². The lowest BCUT2D eigenvalue weighted by atomic mass is 10.1. The summed E-state index contributed by atoms with van der Waals surface area (Å²) in [7, 11) is 1.64. The van der Waals surface area contributed by atoms with Crippen molar-refractivity contribution in [3.05, 3.63) is 47.3 Å². The van der Waals surface area contributed by atoms with Gasteiger partial charge in [0.15, 0.2) is 5.75 Å². The molecule has 2 aliphatic rings. The molecule has 1 aliphatic heterocycles. The smallest absolute Gasteiger partial charge is 0.168 e. The van der Waals surface area contributed by atoms with Gasteiger partial charge in [0.05, 0.1) is 29.9 Å². The second kappa shape index (κ2) is 7.85. The molecule has 164 valence electrons. The number of aliphatic imine (C=N–C) groups is 1. The molecule has 1 aromatic carbocycles. The quantitative estimate of drug-likeness (QED) is 0.604. The lowest BCUT2D eigenvalue weighted by molar-refractivity contribution is -0.119.